The van der Waals surface area contributed by atoms with Crippen LogP contribution < -0.4 is 9.21 Å². The molecule has 0 aliphatic carbocycles. The maximum Gasteiger partial charge on any atom is 0.264 e. The Bertz CT molecular complexity index is 1110. The summed E-state index contributed by atoms with van der Waals surface area (Å²) in [5.74, 6) is 0. The molecule has 5 nitrogen and oxygen atoms in total. The number of fused-ring (bicyclic) bond motifs is 1. The van der Waals surface area contributed by atoms with Crippen LogP contribution in [0.5, 0.6) is 0 Å². The summed E-state index contributed by atoms with van der Waals surface area (Å²) in [6.45, 7) is 5.45. The molecule has 1 fully saturated rings. The van der Waals surface area contributed by atoms with E-state index in [0.29, 0.717) is 29.8 Å². The van der Waals surface area contributed by atoms with Crippen LogP contribution in [0.4, 0.5) is 10.7 Å². The Morgan fingerprint density at radius 1 is 1.10 bits per heavy atom. The van der Waals surface area contributed by atoms with E-state index in [1.807, 2.05) is 36.4 Å². The van der Waals surface area contributed by atoms with Gasteiger partial charge in [0.1, 0.15) is 5.00 Å². The molecule has 1 saturated heterocycles. The van der Waals surface area contributed by atoms with Gasteiger partial charge in [0, 0.05) is 35.4 Å². The largest absolute Gasteiger partial charge is 0.378 e. The number of ether oxygens (including phenoxy) is 1. The normalized spacial score (nSPS) is 14.9. The molecule has 0 N–H and O–H groups in total. The second-order valence-corrected chi connectivity index (χ2v) is 10.5. The molecule has 0 radical (unpaired) electrons. The highest BCUT2D eigenvalue weighted by Crippen LogP contribution is 2.43. The summed E-state index contributed by atoms with van der Waals surface area (Å²) in [4.78, 5) is 2.49. The number of hydrogen-bond acceptors (Lipinski definition) is 5. The first-order valence-electron chi connectivity index (χ1n) is 10.1. The number of unbranched alkanes of at least 4 members (excludes halogenated alkanes) is 1. The lowest BCUT2D eigenvalue weighted by atomic mass is 10.2. The van der Waals surface area contributed by atoms with Crippen molar-refractivity contribution in [2.75, 3.05) is 42.1 Å². The van der Waals surface area contributed by atoms with E-state index >= 15 is 0 Å². The second-order valence-electron chi connectivity index (χ2n) is 7.24. The van der Waals surface area contributed by atoms with Gasteiger partial charge < -0.3 is 9.64 Å². The fourth-order valence-electron chi connectivity index (χ4n) is 3.57. The Labute approximate surface area is 186 Å². The molecule has 1 aliphatic heterocycles. The van der Waals surface area contributed by atoms with Crippen molar-refractivity contribution in [3.63, 3.8) is 0 Å². The van der Waals surface area contributed by atoms with Crippen molar-refractivity contribution in [2.24, 2.45) is 0 Å². The van der Waals surface area contributed by atoms with Gasteiger partial charge in [0.2, 0.25) is 0 Å². The lowest BCUT2D eigenvalue weighted by Crippen LogP contribution is -2.36. The van der Waals surface area contributed by atoms with E-state index in [4.69, 9.17) is 16.3 Å². The molecule has 3 aromatic rings. The summed E-state index contributed by atoms with van der Waals surface area (Å²) in [6.07, 6.45) is 1.65. The van der Waals surface area contributed by atoms with Gasteiger partial charge in [-0.2, -0.15) is 0 Å². The first-order valence-corrected chi connectivity index (χ1v) is 12.8. The molecule has 0 unspecified atom stereocenters. The van der Waals surface area contributed by atoms with Crippen LogP contribution in [0.1, 0.15) is 19.8 Å². The van der Waals surface area contributed by atoms with Crippen LogP contribution in [-0.2, 0) is 14.8 Å². The molecule has 0 saturated carbocycles. The quantitative estimate of drug-likeness (QED) is 0.470. The van der Waals surface area contributed by atoms with Gasteiger partial charge in [-0.15, -0.1) is 11.3 Å². The van der Waals surface area contributed by atoms with Crippen LogP contribution >= 0.6 is 22.9 Å². The van der Waals surface area contributed by atoms with Crippen LogP contribution in [0.25, 0.3) is 10.1 Å². The van der Waals surface area contributed by atoms with Crippen molar-refractivity contribution in [3.8, 4) is 0 Å². The van der Waals surface area contributed by atoms with Gasteiger partial charge in [0.05, 0.1) is 23.1 Å². The lowest BCUT2D eigenvalue weighted by molar-refractivity contribution is 0.122. The zero-order chi connectivity index (χ0) is 21.1. The summed E-state index contributed by atoms with van der Waals surface area (Å²) < 4.78 is 35.1. The van der Waals surface area contributed by atoms with E-state index in [2.05, 4.69) is 11.8 Å². The molecule has 0 amide bonds. The van der Waals surface area contributed by atoms with Gasteiger partial charge in [-0.1, -0.05) is 43.1 Å². The molecular weight excluding hydrogens is 440 g/mol. The number of anilines is 2. The molecule has 160 valence electrons. The minimum Gasteiger partial charge on any atom is -0.378 e. The number of sulfonamides is 1. The van der Waals surface area contributed by atoms with E-state index in [9.17, 15) is 8.42 Å². The zero-order valence-corrected chi connectivity index (χ0v) is 19.3. The molecule has 1 aliphatic rings. The highest BCUT2D eigenvalue weighted by atomic mass is 35.5. The number of benzene rings is 2. The van der Waals surface area contributed by atoms with Gasteiger partial charge in [0.15, 0.2) is 0 Å². The summed E-state index contributed by atoms with van der Waals surface area (Å²) >= 11 is 8.06. The van der Waals surface area contributed by atoms with E-state index in [0.717, 1.165) is 41.7 Å². The molecule has 2 aromatic carbocycles. The third-order valence-electron chi connectivity index (χ3n) is 5.26. The second kappa shape index (κ2) is 9.14. The predicted octanol–water partition coefficient (Wildman–Crippen LogP) is 5.39. The first kappa shape index (κ1) is 21.4. The average molecular weight is 465 g/mol. The highest BCUT2D eigenvalue weighted by molar-refractivity contribution is 7.93. The molecule has 8 heteroatoms. The van der Waals surface area contributed by atoms with Crippen LogP contribution in [0.15, 0.2) is 53.4 Å². The van der Waals surface area contributed by atoms with Crippen molar-refractivity contribution >= 4 is 53.7 Å². The molecule has 0 spiro atoms. The Hall–Kier alpha value is -1.80. The van der Waals surface area contributed by atoms with Crippen LogP contribution in [0, 0.1) is 0 Å². The van der Waals surface area contributed by atoms with Crippen LogP contribution in [0.3, 0.4) is 0 Å². The fourth-order valence-corrected chi connectivity index (χ4v) is 6.91. The van der Waals surface area contributed by atoms with E-state index in [1.165, 1.54) is 15.6 Å². The van der Waals surface area contributed by atoms with Crippen molar-refractivity contribution in [3.05, 3.63) is 53.6 Å². The highest BCUT2D eigenvalue weighted by Gasteiger charge is 2.29. The average Bonchev–Trinajstić information content (AvgIpc) is 3.11. The van der Waals surface area contributed by atoms with Gasteiger partial charge in [0.25, 0.3) is 10.0 Å². The van der Waals surface area contributed by atoms with Crippen molar-refractivity contribution in [1.29, 1.82) is 0 Å². The fraction of sp³-hybridized carbons (Fsp3) is 0.364. The Balaban J connectivity index is 1.69. The van der Waals surface area contributed by atoms with Gasteiger partial charge >= 0.3 is 0 Å². The third kappa shape index (κ3) is 4.17. The molecule has 0 bridgehead atoms. The van der Waals surface area contributed by atoms with Crippen molar-refractivity contribution in [1.82, 2.24) is 0 Å². The summed E-state index contributed by atoms with van der Waals surface area (Å²) in [5, 5.41) is 1.97. The number of morpholine rings is 1. The Kier molecular flexibility index (Phi) is 6.53. The molecule has 4 rings (SSSR count). The molecule has 0 atom stereocenters. The van der Waals surface area contributed by atoms with Crippen LogP contribution in [-0.4, -0.2) is 41.3 Å². The van der Waals surface area contributed by atoms with Crippen molar-refractivity contribution in [2.45, 2.75) is 24.7 Å². The number of rotatable bonds is 7. The standard InChI is InChI=1S/C22H25ClN2O3S2/c1-2-3-12-25(22-21(23)19-6-4-5-7-20(19)29-22)30(26,27)18-10-8-17(9-11-18)24-13-15-28-16-14-24/h4-11H,2-3,12-16H2,1H3. The number of thiophene rings is 1. The lowest BCUT2D eigenvalue weighted by Gasteiger charge is -2.29. The number of nitrogens with zero attached hydrogens (tertiary/aromatic N) is 2. The minimum atomic E-state index is -3.73. The van der Waals surface area contributed by atoms with Gasteiger partial charge in [-0.3, -0.25) is 4.31 Å². The maximum atomic E-state index is 13.6. The molecule has 30 heavy (non-hydrogen) atoms. The maximum absolute atomic E-state index is 13.6. The topological polar surface area (TPSA) is 49.9 Å². The van der Waals surface area contributed by atoms with E-state index in [-0.39, 0.29) is 4.90 Å². The molecule has 1 aromatic heterocycles. The smallest absolute Gasteiger partial charge is 0.264 e. The zero-order valence-electron chi connectivity index (χ0n) is 16.9. The van der Waals surface area contributed by atoms with Crippen LogP contribution in [0.2, 0.25) is 5.02 Å². The number of halogens is 1. The predicted molar refractivity (Wildman–Crippen MR) is 126 cm³/mol. The summed E-state index contributed by atoms with van der Waals surface area (Å²) in [5.41, 5.74) is 1.01. The van der Waals surface area contributed by atoms with E-state index < -0.39 is 10.0 Å². The molecule has 2 heterocycles. The van der Waals surface area contributed by atoms with Gasteiger partial charge in [-0.25, -0.2) is 8.42 Å². The minimum absolute atomic E-state index is 0.282. The Morgan fingerprint density at radius 2 is 1.80 bits per heavy atom. The first-order chi connectivity index (χ1) is 14.5. The Morgan fingerprint density at radius 3 is 2.47 bits per heavy atom. The SMILES string of the molecule is CCCCN(c1sc2ccccc2c1Cl)S(=O)(=O)c1ccc(N2CCOCC2)cc1. The summed E-state index contributed by atoms with van der Waals surface area (Å²) in [7, 11) is -3.73. The molecular formula is C22H25ClN2O3S2. The van der Waals surface area contributed by atoms with Crippen molar-refractivity contribution < 1.29 is 13.2 Å². The third-order valence-corrected chi connectivity index (χ3v) is 8.88. The van der Waals surface area contributed by atoms with E-state index in [1.54, 1.807) is 12.1 Å². The monoisotopic (exact) mass is 464 g/mol. The number of hydrogen-bond donors (Lipinski definition) is 0. The summed E-state index contributed by atoms with van der Waals surface area (Å²) in [6, 6.07) is 14.9. The van der Waals surface area contributed by atoms with Gasteiger partial charge in [-0.05, 0) is 36.8 Å².